The van der Waals surface area contributed by atoms with E-state index in [1.54, 1.807) is 126 Å². The molecule has 2 heterocycles. The summed E-state index contributed by atoms with van der Waals surface area (Å²) in [5.74, 6) is -6.34. The number of hydrogen-bond donors (Lipinski definition) is 10. The third-order valence-corrected chi connectivity index (χ3v) is 20.2. The first-order valence-corrected chi connectivity index (χ1v) is 30.7. The molecule has 0 bridgehead atoms. The molecule has 24 heteroatoms. The second-order valence-electron chi connectivity index (χ2n) is 26.8. The largest absolute Gasteiger partial charge is 0.458 e. The summed E-state index contributed by atoms with van der Waals surface area (Å²) in [5, 5.41) is 102. The molecule has 3 aromatic carbocycles. The molecule has 2 radical (unpaired) electrons. The normalized spacial score (nSPS) is 34.2. The molecule has 6 fully saturated rings. The van der Waals surface area contributed by atoms with E-state index in [1.807, 2.05) is 13.8 Å². The molecule has 1 amide bonds. The quantitative estimate of drug-likeness (QED) is 0.0555. The average molecular weight is 1710 g/mol. The molecular weight excluding hydrogens is 1620 g/mol. The van der Waals surface area contributed by atoms with Crippen LogP contribution in [0.1, 0.15) is 133 Å². The van der Waals surface area contributed by atoms with E-state index in [0.29, 0.717) is 27.8 Å². The number of aliphatic hydroxyl groups is 9. The van der Waals surface area contributed by atoms with Gasteiger partial charge in [-0.15, -0.1) is 0 Å². The zero-order valence-electron chi connectivity index (χ0n) is 53.9. The van der Waals surface area contributed by atoms with Crippen LogP contribution in [0.15, 0.2) is 113 Å². The molecule has 498 valence electrons. The van der Waals surface area contributed by atoms with Crippen LogP contribution in [0.4, 0.5) is 0 Å². The number of carbonyl (C=O) groups is 6. The zero-order chi connectivity index (χ0) is 66.2. The Hall–Kier alpha value is -3.24. The molecule has 14 unspecified atom stereocenters. The number of nitrogens with one attached hydrogen (secondary N) is 1. The Morgan fingerprint density at radius 2 is 1.04 bits per heavy atom. The smallest absolute Gasteiger partial charge is 0.338 e. The van der Waals surface area contributed by atoms with E-state index in [-0.39, 0.29) is 158 Å². The summed E-state index contributed by atoms with van der Waals surface area (Å²) in [6.45, 7) is 13.7. The summed E-state index contributed by atoms with van der Waals surface area (Å²) >= 11 is 0. The number of fused-ring (bicyclic) bond motifs is 6. The molecule has 0 aromatic heterocycles. The summed E-state index contributed by atoms with van der Waals surface area (Å²) in [6, 6.07) is 23.9. The maximum absolute atomic E-state index is 15.0. The third kappa shape index (κ3) is 14.9. The Balaban J connectivity index is 0.000000303. The SMILES string of the molecule is C/C(=C1\C(O)C(=O)[C@]2(C)C(O)CC3OC[C@@]3(O)C2C(OC(=O)c2ccccc2)CC1(C)C)C(O)CCO.COC1C(=O)[C@]2(C)C(O)CC3OC[C@@]3(O)C2C(OC(=O)c2ccccc2)CC(C)(C)/C1=C(/C)C(CCO)OC(=O)C(O)C(NC(C)=O)c1ccccc1.[Ac].[Ac]. The van der Waals surface area contributed by atoms with E-state index in [4.69, 9.17) is 28.4 Å². The summed E-state index contributed by atoms with van der Waals surface area (Å²) < 4.78 is 35.3. The number of rotatable bonds is 16. The first-order chi connectivity index (χ1) is 42.3. The number of esters is 3. The van der Waals surface area contributed by atoms with Gasteiger partial charge in [0.1, 0.15) is 41.7 Å². The topological polar surface area (TPSA) is 352 Å². The van der Waals surface area contributed by atoms with Crippen molar-refractivity contribution in [2.75, 3.05) is 33.5 Å². The Morgan fingerprint density at radius 1 is 0.620 bits per heavy atom. The predicted octanol–water partition coefficient (Wildman–Crippen LogP) is 3.74. The number of aliphatic hydroxyl groups excluding tert-OH is 7. The summed E-state index contributed by atoms with van der Waals surface area (Å²) in [5.41, 5.74) is -6.28. The molecule has 9 rings (SSSR count). The van der Waals surface area contributed by atoms with Gasteiger partial charge >= 0.3 is 17.9 Å². The molecule has 3 aromatic rings. The number of Topliss-reactive ketones (excluding diaryl/α,β-unsaturated/α-hetero) is 2. The van der Waals surface area contributed by atoms with E-state index in [9.17, 15) is 69.9 Å². The standard InChI is InChI=1S/C40H51NO12.C28H38O9.2Ac/c1-22(26(17-18-42)52-37(48)32(45)31(41-23(2)43)24-13-9-7-10-14-24)30-33(50-6)35(46)39(5)28(44)19-29-40(49,21-51-29)34(39)27(20-38(30,3)4)53-36(47)25-15-11-8-12-16-25;1-15(17(30)10-11-29)21-22(32)24(33)27(4)19(31)12-20-28(35,14-36-20)23(27)18(13-26(21,2)3)37-25(34)16-8-6-5-7-9-16;;/h7-16,26-29,31-34,42,44-45,49H,17-21H2,1-6H3,(H,41,43);5-9,17-20,22-23,29-32,35H,10-14H2,1-4H3;;/b30-22-;21-15-;;/t26?,27?,28?,29?,31?,32?,33?,34?,39-,40+;17?,18?,19?,20?,22?,23?,27-,28+;;/m11../s1. The van der Waals surface area contributed by atoms with Gasteiger partial charge in [0.2, 0.25) is 5.91 Å². The maximum atomic E-state index is 15.0. The van der Waals surface area contributed by atoms with Crippen molar-refractivity contribution in [1.82, 2.24) is 5.32 Å². The van der Waals surface area contributed by atoms with Gasteiger partial charge in [-0.25, -0.2) is 14.4 Å². The van der Waals surface area contributed by atoms with E-state index in [1.165, 1.54) is 21.0 Å². The number of benzene rings is 3. The van der Waals surface area contributed by atoms with Gasteiger partial charge in [0, 0.05) is 153 Å². The van der Waals surface area contributed by atoms with Crippen LogP contribution in [0.25, 0.3) is 0 Å². The van der Waals surface area contributed by atoms with Crippen molar-refractivity contribution in [2.24, 2.45) is 33.5 Å². The van der Waals surface area contributed by atoms with Crippen LogP contribution in [0.2, 0.25) is 0 Å². The van der Waals surface area contributed by atoms with Crippen molar-refractivity contribution in [1.29, 1.82) is 0 Å². The van der Waals surface area contributed by atoms with Crippen molar-refractivity contribution in [3.8, 4) is 0 Å². The molecule has 18 atom stereocenters. The molecule has 4 saturated carbocycles. The van der Waals surface area contributed by atoms with Gasteiger partial charge in [0.15, 0.2) is 17.7 Å². The van der Waals surface area contributed by atoms with Crippen LogP contribution >= 0.6 is 0 Å². The van der Waals surface area contributed by atoms with Crippen molar-refractivity contribution in [2.45, 2.75) is 185 Å². The van der Waals surface area contributed by atoms with Crippen LogP contribution in [0, 0.1) is 122 Å². The van der Waals surface area contributed by atoms with Crippen molar-refractivity contribution in [3.63, 3.8) is 0 Å². The number of ketones is 2. The second kappa shape index (κ2) is 31.1. The van der Waals surface area contributed by atoms with Gasteiger partial charge in [-0.1, -0.05) is 94.4 Å². The fourth-order valence-corrected chi connectivity index (χ4v) is 15.5. The minimum Gasteiger partial charge on any atom is -0.458 e. The van der Waals surface area contributed by atoms with Gasteiger partial charge in [0.05, 0.1) is 71.7 Å². The first-order valence-electron chi connectivity index (χ1n) is 30.7. The summed E-state index contributed by atoms with van der Waals surface area (Å²) in [6.07, 6.45) is -13.5. The molecule has 4 aliphatic carbocycles. The molecule has 22 nitrogen and oxygen atoms in total. The second-order valence-corrected chi connectivity index (χ2v) is 26.8. The molecular formula is C68H89Ac2NO21. The number of hydrogen-bond acceptors (Lipinski definition) is 21. The van der Waals surface area contributed by atoms with E-state index in [2.05, 4.69) is 5.32 Å². The van der Waals surface area contributed by atoms with Crippen molar-refractivity contribution < 1.29 is 191 Å². The van der Waals surface area contributed by atoms with Crippen LogP contribution < -0.4 is 5.32 Å². The van der Waals surface area contributed by atoms with E-state index >= 15 is 4.79 Å². The van der Waals surface area contributed by atoms with Crippen molar-refractivity contribution in [3.05, 3.63) is 130 Å². The fraction of sp³-hybridized carbons (Fsp3) is 0.588. The number of amides is 1. The van der Waals surface area contributed by atoms with Gasteiger partial charge in [-0.2, -0.15) is 0 Å². The Kier molecular flexibility index (Phi) is 26.3. The molecule has 2 aliphatic heterocycles. The number of carbonyl (C=O) groups excluding carboxylic acids is 6. The van der Waals surface area contributed by atoms with Crippen LogP contribution in [-0.2, 0) is 47.6 Å². The van der Waals surface area contributed by atoms with E-state index < -0.39 is 160 Å². The van der Waals surface area contributed by atoms with E-state index in [0.717, 1.165) is 0 Å². The fourth-order valence-electron chi connectivity index (χ4n) is 15.5. The molecule has 0 spiro atoms. The summed E-state index contributed by atoms with van der Waals surface area (Å²) in [4.78, 5) is 81.8. The van der Waals surface area contributed by atoms with Gasteiger partial charge in [-0.05, 0) is 103 Å². The number of ether oxygens (including phenoxy) is 6. The van der Waals surface area contributed by atoms with Gasteiger partial charge in [0.25, 0.3) is 0 Å². The minimum absolute atomic E-state index is 0. The van der Waals surface area contributed by atoms with Crippen LogP contribution in [0.3, 0.4) is 0 Å². The maximum Gasteiger partial charge on any atom is 0.338 e. The van der Waals surface area contributed by atoms with Gasteiger partial charge in [-0.3, -0.25) is 14.4 Å². The van der Waals surface area contributed by atoms with Crippen LogP contribution in [0.5, 0.6) is 0 Å². The first kappa shape index (κ1) is 77.8. The molecule has 92 heavy (non-hydrogen) atoms. The van der Waals surface area contributed by atoms with Crippen LogP contribution in [-0.4, -0.2) is 193 Å². The van der Waals surface area contributed by atoms with Gasteiger partial charge < -0.3 is 79.7 Å². The Bertz CT molecular complexity index is 3180. The zero-order valence-corrected chi connectivity index (χ0v) is 63.4. The molecule has 10 N–H and O–H groups in total. The summed E-state index contributed by atoms with van der Waals surface area (Å²) in [7, 11) is 1.34. The molecule has 6 aliphatic rings. The number of methoxy groups -OCH3 is 1. The monoisotopic (exact) mass is 1710 g/mol. The third-order valence-electron chi connectivity index (χ3n) is 20.2. The predicted molar refractivity (Wildman–Crippen MR) is 322 cm³/mol. The minimum atomic E-state index is -1.84. The average Bonchev–Trinajstić information content (AvgIpc) is 0.700. The Morgan fingerprint density at radius 3 is 1.45 bits per heavy atom. The molecule has 2 saturated heterocycles. The Labute approximate surface area is 608 Å². The van der Waals surface area contributed by atoms with Crippen molar-refractivity contribution >= 4 is 35.4 Å².